The molecule has 0 aliphatic heterocycles. The second-order valence-corrected chi connectivity index (χ2v) is 4.49. The number of ether oxygens (including phenoxy) is 1. The van der Waals surface area contributed by atoms with Crippen molar-refractivity contribution in [3.8, 4) is 11.4 Å². The lowest BCUT2D eigenvalue weighted by Crippen LogP contribution is -2.22. The second-order valence-electron chi connectivity index (χ2n) is 4.49. The highest BCUT2D eigenvalue weighted by Gasteiger charge is 2.19. The Morgan fingerprint density at radius 3 is 2.68 bits per heavy atom. The van der Waals surface area contributed by atoms with Crippen molar-refractivity contribution < 1.29 is 19.4 Å². The summed E-state index contributed by atoms with van der Waals surface area (Å²) in [5.41, 5.74) is 1.19. The second kappa shape index (κ2) is 6.25. The maximum atomic E-state index is 11.8. The average Bonchev–Trinajstić information content (AvgIpc) is 2.88. The lowest BCUT2D eigenvalue weighted by atomic mass is 10.1. The zero-order chi connectivity index (χ0) is 16.3. The van der Waals surface area contributed by atoms with E-state index >= 15 is 0 Å². The normalized spacial score (nSPS) is 10.3. The van der Waals surface area contributed by atoms with Crippen molar-refractivity contribution >= 4 is 11.9 Å². The van der Waals surface area contributed by atoms with E-state index in [9.17, 15) is 9.59 Å². The van der Waals surface area contributed by atoms with Crippen LogP contribution in [0.3, 0.4) is 0 Å². The summed E-state index contributed by atoms with van der Waals surface area (Å²) in [6.45, 7) is 3.95. The number of hydrogen-bond donors (Lipinski definition) is 2. The van der Waals surface area contributed by atoms with Gasteiger partial charge < -0.3 is 15.2 Å². The Morgan fingerprint density at radius 1 is 1.41 bits per heavy atom. The predicted octanol–water partition coefficient (Wildman–Crippen LogP) is 1.03. The van der Waals surface area contributed by atoms with Gasteiger partial charge in [-0.25, -0.2) is 9.48 Å². The first-order chi connectivity index (χ1) is 10.5. The summed E-state index contributed by atoms with van der Waals surface area (Å²) in [5, 5.41) is 19.2. The first kappa shape index (κ1) is 15.5. The lowest BCUT2D eigenvalue weighted by molar-refractivity contribution is 0.0689. The number of aromatic carboxylic acids is 1. The van der Waals surface area contributed by atoms with Gasteiger partial charge in [-0.1, -0.05) is 5.21 Å². The van der Waals surface area contributed by atoms with Gasteiger partial charge in [-0.3, -0.25) is 4.79 Å². The lowest BCUT2D eigenvalue weighted by Gasteiger charge is -2.11. The summed E-state index contributed by atoms with van der Waals surface area (Å²) in [4.78, 5) is 22.9. The molecule has 0 bridgehead atoms. The predicted molar refractivity (Wildman–Crippen MR) is 77.6 cm³/mol. The number of nitrogens with zero attached hydrogens (tertiary/aromatic N) is 3. The van der Waals surface area contributed by atoms with Gasteiger partial charge in [-0.05, 0) is 32.0 Å². The van der Waals surface area contributed by atoms with E-state index in [2.05, 4.69) is 15.6 Å². The Labute approximate surface area is 126 Å². The molecule has 2 rings (SSSR count). The minimum absolute atomic E-state index is 0.130. The van der Waals surface area contributed by atoms with Crippen molar-refractivity contribution in [2.75, 3.05) is 13.7 Å². The first-order valence-electron chi connectivity index (χ1n) is 6.61. The van der Waals surface area contributed by atoms with Crippen molar-refractivity contribution in [2.45, 2.75) is 13.8 Å². The number of amides is 1. The number of carboxylic acids is 1. The number of carbonyl (C=O) groups is 2. The molecule has 0 saturated carbocycles. The molecule has 0 spiro atoms. The van der Waals surface area contributed by atoms with Crippen LogP contribution >= 0.6 is 0 Å². The largest absolute Gasteiger partial charge is 0.494 e. The summed E-state index contributed by atoms with van der Waals surface area (Å²) in [6, 6.07) is 4.82. The number of rotatable bonds is 5. The van der Waals surface area contributed by atoms with Crippen LogP contribution in [0, 0.1) is 6.92 Å². The highest BCUT2D eigenvalue weighted by Crippen LogP contribution is 2.25. The monoisotopic (exact) mass is 304 g/mol. The van der Waals surface area contributed by atoms with E-state index in [4.69, 9.17) is 9.84 Å². The van der Waals surface area contributed by atoms with E-state index in [0.717, 1.165) is 0 Å². The van der Waals surface area contributed by atoms with Gasteiger partial charge in [0.15, 0.2) is 5.69 Å². The van der Waals surface area contributed by atoms with E-state index in [1.165, 1.54) is 11.8 Å². The zero-order valence-electron chi connectivity index (χ0n) is 12.5. The van der Waals surface area contributed by atoms with Crippen LogP contribution in [0.1, 0.15) is 33.5 Å². The summed E-state index contributed by atoms with van der Waals surface area (Å²) < 4.78 is 6.64. The molecular weight excluding hydrogens is 288 g/mol. The molecular formula is C14H16N4O4. The van der Waals surface area contributed by atoms with Crippen molar-refractivity contribution in [3.05, 3.63) is 35.2 Å². The molecule has 1 heterocycles. The SMILES string of the molecule is CCNC(=O)c1ccc(-n2nnc(C(=O)O)c2C)c(OC)c1. The molecule has 8 heteroatoms. The number of nitrogens with one attached hydrogen (secondary N) is 1. The standard InChI is InChI=1S/C14H16N4O4/c1-4-15-13(19)9-5-6-10(11(7-9)22-3)18-8(2)12(14(20)21)16-17-18/h5-7H,4H2,1-3H3,(H,15,19)(H,20,21). The molecule has 0 aliphatic carbocycles. The first-order valence-corrected chi connectivity index (χ1v) is 6.61. The van der Waals surface area contributed by atoms with Gasteiger partial charge in [0.2, 0.25) is 0 Å². The smallest absolute Gasteiger partial charge is 0.358 e. The fourth-order valence-electron chi connectivity index (χ4n) is 2.01. The summed E-state index contributed by atoms with van der Waals surface area (Å²) in [5.74, 6) is -0.968. The molecule has 1 aromatic heterocycles. The molecule has 8 nitrogen and oxygen atoms in total. The Hall–Kier alpha value is -2.90. The van der Waals surface area contributed by atoms with Gasteiger partial charge >= 0.3 is 5.97 Å². The molecule has 2 aromatic rings. The van der Waals surface area contributed by atoms with E-state index in [0.29, 0.717) is 29.2 Å². The maximum Gasteiger partial charge on any atom is 0.358 e. The van der Waals surface area contributed by atoms with E-state index in [1.807, 2.05) is 6.92 Å². The zero-order valence-corrected chi connectivity index (χ0v) is 12.5. The van der Waals surface area contributed by atoms with E-state index in [1.54, 1.807) is 25.1 Å². The van der Waals surface area contributed by atoms with Crippen LogP contribution in [-0.4, -0.2) is 45.6 Å². The maximum absolute atomic E-state index is 11.8. The van der Waals surface area contributed by atoms with Crippen molar-refractivity contribution in [3.63, 3.8) is 0 Å². The minimum Gasteiger partial charge on any atom is -0.494 e. The van der Waals surface area contributed by atoms with Crippen LogP contribution in [0.25, 0.3) is 5.69 Å². The van der Waals surface area contributed by atoms with Gasteiger partial charge in [0.05, 0.1) is 12.8 Å². The fourth-order valence-corrected chi connectivity index (χ4v) is 2.01. The number of methoxy groups -OCH3 is 1. The third kappa shape index (κ3) is 2.76. The topological polar surface area (TPSA) is 106 Å². The molecule has 1 amide bonds. The number of aromatic nitrogens is 3. The Kier molecular flexibility index (Phi) is 4.40. The molecule has 0 radical (unpaired) electrons. The highest BCUT2D eigenvalue weighted by molar-refractivity contribution is 5.95. The summed E-state index contributed by atoms with van der Waals surface area (Å²) >= 11 is 0. The molecule has 0 unspecified atom stereocenters. The highest BCUT2D eigenvalue weighted by atomic mass is 16.5. The van der Waals surface area contributed by atoms with Crippen molar-refractivity contribution in [1.82, 2.24) is 20.3 Å². The molecule has 22 heavy (non-hydrogen) atoms. The number of carbonyl (C=O) groups excluding carboxylic acids is 1. The molecule has 0 aliphatic rings. The quantitative estimate of drug-likeness (QED) is 0.854. The Bertz CT molecular complexity index is 724. The molecule has 0 saturated heterocycles. The van der Waals surface area contributed by atoms with Crippen molar-refractivity contribution in [1.29, 1.82) is 0 Å². The van der Waals surface area contributed by atoms with Crippen LogP contribution in [0.2, 0.25) is 0 Å². The van der Waals surface area contributed by atoms with Crippen LogP contribution in [0.5, 0.6) is 5.75 Å². The Morgan fingerprint density at radius 2 is 2.14 bits per heavy atom. The van der Waals surface area contributed by atoms with Gasteiger partial charge in [-0.15, -0.1) is 5.10 Å². The van der Waals surface area contributed by atoms with Crippen LogP contribution in [-0.2, 0) is 0 Å². The molecule has 0 atom stereocenters. The minimum atomic E-state index is -1.15. The van der Waals surface area contributed by atoms with Gasteiger partial charge in [0.25, 0.3) is 5.91 Å². The Balaban J connectivity index is 2.48. The molecule has 1 aromatic carbocycles. The fraction of sp³-hybridized carbons (Fsp3) is 0.286. The molecule has 116 valence electrons. The molecule has 0 fully saturated rings. The summed E-state index contributed by atoms with van der Waals surface area (Å²) in [6.07, 6.45) is 0. The van der Waals surface area contributed by atoms with Gasteiger partial charge in [0, 0.05) is 12.1 Å². The molecule has 2 N–H and O–H groups in total. The van der Waals surface area contributed by atoms with Crippen LogP contribution < -0.4 is 10.1 Å². The average molecular weight is 304 g/mol. The van der Waals surface area contributed by atoms with Gasteiger partial charge in [0.1, 0.15) is 11.4 Å². The van der Waals surface area contributed by atoms with Crippen molar-refractivity contribution in [2.24, 2.45) is 0 Å². The number of carboxylic acid groups (broad SMARTS) is 1. The summed E-state index contributed by atoms with van der Waals surface area (Å²) in [7, 11) is 1.46. The number of benzene rings is 1. The van der Waals surface area contributed by atoms with Crippen LogP contribution in [0.15, 0.2) is 18.2 Å². The number of hydrogen-bond acceptors (Lipinski definition) is 5. The van der Waals surface area contributed by atoms with E-state index in [-0.39, 0.29) is 11.6 Å². The third-order valence-electron chi connectivity index (χ3n) is 3.10. The van der Waals surface area contributed by atoms with Crippen LogP contribution in [0.4, 0.5) is 0 Å². The van der Waals surface area contributed by atoms with Gasteiger partial charge in [-0.2, -0.15) is 0 Å². The third-order valence-corrected chi connectivity index (χ3v) is 3.10. The van der Waals surface area contributed by atoms with E-state index < -0.39 is 5.97 Å².